The van der Waals surface area contributed by atoms with E-state index in [-0.39, 0.29) is 12.5 Å². The van der Waals surface area contributed by atoms with E-state index >= 15 is 0 Å². The Labute approximate surface area is 166 Å². The number of carbonyl (C=O) groups excluding carboxylic acids is 1. The quantitative estimate of drug-likeness (QED) is 0.639. The molecule has 6 heteroatoms. The lowest BCUT2D eigenvalue weighted by molar-refractivity contribution is -0.130. The largest absolute Gasteiger partial charge is 0.357 e. The smallest absolute Gasteiger partial charge is 0.244 e. The highest BCUT2D eigenvalue weighted by Crippen LogP contribution is 2.43. The van der Waals surface area contributed by atoms with Crippen molar-refractivity contribution in [2.75, 3.05) is 32.7 Å². The summed E-state index contributed by atoms with van der Waals surface area (Å²) >= 11 is 1.81. The molecule has 1 amide bonds. The Bertz CT molecular complexity index is 692. The molecule has 4 rings (SSSR count). The van der Waals surface area contributed by atoms with Crippen molar-refractivity contribution in [2.24, 2.45) is 10.4 Å². The summed E-state index contributed by atoms with van der Waals surface area (Å²) in [6.07, 6.45) is 9.12. The van der Waals surface area contributed by atoms with Gasteiger partial charge in [-0.05, 0) is 55.0 Å². The summed E-state index contributed by atoms with van der Waals surface area (Å²) in [7, 11) is 0. The van der Waals surface area contributed by atoms with Gasteiger partial charge in [0, 0.05) is 37.6 Å². The van der Waals surface area contributed by atoms with Crippen LogP contribution in [0.25, 0.3) is 0 Å². The van der Waals surface area contributed by atoms with Gasteiger partial charge in [0.25, 0.3) is 0 Å². The second-order valence-electron chi connectivity index (χ2n) is 8.34. The van der Waals surface area contributed by atoms with E-state index < -0.39 is 0 Å². The first-order chi connectivity index (χ1) is 13.2. The van der Waals surface area contributed by atoms with Crippen LogP contribution in [0.3, 0.4) is 0 Å². The third kappa shape index (κ3) is 4.15. The highest BCUT2D eigenvalue weighted by atomic mass is 32.1. The molecule has 3 aliphatic rings. The maximum Gasteiger partial charge on any atom is 0.244 e. The lowest BCUT2D eigenvalue weighted by Gasteiger charge is -2.33. The van der Waals surface area contributed by atoms with Gasteiger partial charge < -0.3 is 15.1 Å². The van der Waals surface area contributed by atoms with Gasteiger partial charge in [-0.15, -0.1) is 11.3 Å². The number of amides is 1. The van der Waals surface area contributed by atoms with Crippen LogP contribution in [0.1, 0.15) is 55.9 Å². The molecule has 1 spiro atoms. The number of carbonyl (C=O) groups is 1. The monoisotopic (exact) mass is 388 g/mol. The van der Waals surface area contributed by atoms with Crippen molar-refractivity contribution in [3.8, 4) is 0 Å². The molecular weight excluding hydrogens is 356 g/mol. The SMILES string of the molecule is CCNC(=NCC(=O)N1CCc2sccc2C1)N1CCC2(CCCCC2)C1. The zero-order valence-corrected chi connectivity index (χ0v) is 17.3. The zero-order chi connectivity index (χ0) is 18.7. The molecule has 1 saturated carbocycles. The van der Waals surface area contributed by atoms with Gasteiger partial charge in [-0.25, -0.2) is 4.99 Å². The number of likely N-dealkylation sites (tertiary alicyclic amines) is 1. The molecule has 0 unspecified atom stereocenters. The Morgan fingerprint density at radius 3 is 2.89 bits per heavy atom. The average molecular weight is 389 g/mol. The number of thiophene rings is 1. The van der Waals surface area contributed by atoms with Crippen molar-refractivity contribution >= 4 is 23.2 Å². The number of nitrogens with zero attached hydrogens (tertiary/aromatic N) is 3. The van der Waals surface area contributed by atoms with E-state index in [4.69, 9.17) is 4.99 Å². The maximum atomic E-state index is 12.7. The molecular formula is C21H32N4OS. The van der Waals surface area contributed by atoms with Crippen LogP contribution in [0.5, 0.6) is 0 Å². The molecule has 2 fully saturated rings. The molecule has 3 heterocycles. The van der Waals surface area contributed by atoms with Crippen LogP contribution in [0, 0.1) is 5.41 Å². The minimum Gasteiger partial charge on any atom is -0.357 e. The topological polar surface area (TPSA) is 47.9 Å². The molecule has 2 aliphatic heterocycles. The van der Waals surface area contributed by atoms with Gasteiger partial charge in [-0.1, -0.05) is 19.3 Å². The predicted octanol–water partition coefficient (Wildman–Crippen LogP) is 3.25. The summed E-state index contributed by atoms with van der Waals surface area (Å²) in [6.45, 7) is 6.95. The normalized spacial score (nSPS) is 22.2. The molecule has 1 N–H and O–H groups in total. The number of aliphatic imine (C=N–C) groups is 1. The summed E-state index contributed by atoms with van der Waals surface area (Å²) < 4.78 is 0. The lowest BCUT2D eigenvalue weighted by atomic mass is 9.73. The molecule has 1 saturated heterocycles. The van der Waals surface area contributed by atoms with Crippen LogP contribution in [-0.2, 0) is 17.8 Å². The fraction of sp³-hybridized carbons (Fsp3) is 0.714. The van der Waals surface area contributed by atoms with Crippen molar-refractivity contribution in [3.63, 3.8) is 0 Å². The second-order valence-corrected chi connectivity index (χ2v) is 9.34. The van der Waals surface area contributed by atoms with E-state index in [1.54, 1.807) is 0 Å². The Morgan fingerprint density at radius 2 is 2.07 bits per heavy atom. The molecule has 0 radical (unpaired) electrons. The summed E-state index contributed by atoms with van der Waals surface area (Å²) in [4.78, 5) is 23.3. The standard InChI is InChI=1S/C21H32N4OS/c1-2-22-20(25-12-10-21(16-25)8-4-3-5-9-21)23-14-19(26)24-11-6-18-17(15-24)7-13-27-18/h7,13H,2-6,8-12,14-16H2,1H3,(H,22,23). The fourth-order valence-electron chi connectivity index (χ4n) is 4.96. The van der Waals surface area contributed by atoms with Gasteiger partial charge in [0.05, 0.1) is 0 Å². The van der Waals surface area contributed by atoms with Gasteiger partial charge in [0.15, 0.2) is 5.96 Å². The summed E-state index contributed by atoms with van der Waals surface area (Å²) in [5.41, 5.74) is 1.81. The molecule has 0 atom stereocenters. The van der Waals surface area contributed by atoms with Crippen molar-refractivity contribution in [1.29, 1.82) is 0 Å². The fourth-order valence-corrected chi connectivity index (χ4v) is 5.85. The van der Waals surface area contributed by atoms with Crippen molar-refractivity contribution < 1.29 is 4.79 Å². The summed E-state index contributed by atoms with van der Waals surface area (Å²) in [5, 5.41) is 5.56. The number of hydrogen-bond acceptors (Lipinski definition) is 3. The predicted molar refractivity (Wildman–Crippen MR) is 111 cm³/mol. The Kier molecular flexibility index (Phi) is 5.71. The Morgan fingerprint density at radius 1 is 1.22 bits per heavy atom. The minimum absolute atomic E-state index is 0.147. The van der Waals surface area contributed by atoms with E-state index in [1.807, 2.05) is 16.2 Å². The first-order valence-corrected chi connectivity index (χ1v) is 11.4. The number of hydrogen-bond donors (Lipinski definition) is 1. The van der Waals surface area contributed by atoms with Crippen LogP contribution in [0.15, 0.2) is 16.4 Å². The van der Waals surface area contributed by atoms with E-state index in [0.717, 1.165) is 45.1 Å². The van der Waals surface area contributed by atoms with Gasteiger partial charge in [-0.3, -0.25) is 4.79 Å². The van der Waals surface area contributed by atoms with Crippen LogP contribution in [0.4, 0.5) is 0 Å². The third-order valence-electron chi connectivity index (χ3n) is 6.51. The van der Waals surface area contributed by atoms with E-state index in [9.17, 15) is 4.79 Å². The van der Waals surface area contributed by atoms with Gasteiger partial charge >= 0.3 is 0 Å². The maximum absolute atomic E-state index is 12.7. The highest BCUT2D eigenvalue weighted by molar-refractivity contribution is 7.10. The number of rotatable bonds is 3. The Balaban J connectivity index is 1.37. The summed E-state index contributed by atoms with van der Waals surface area (Å²) in [5.74, 6) is 1.08. The van der Waals surface area contributed by atoms with E-state index in [1.165, 1.54) is 49.0 Å². The van der Waals surface area contributed by atoms with Crippen LogP contribution >= 0.6 is 11.3 Å². The van der Waals surface area contributed by atoms with Crippen LogP contribution in [-0.4, -0.2) is 54.4 Å². The molecule has 27 heavy (non-hydrogen) atoms. The van der Waals surface area contributed by atoms with Crippen molar-refractivity contribution in [1.82, 2.24) is 15.1 Å². The van der Waals surface area contributed by atoms with Crippen LogP contribution < -0.4 is 5.32 Å². The van der Waals surface area contributed by atoms with E-state index in [0.29, 0.717) is 5.41 Å². The van der Waals surface area contributed by atoms with Crippen molar-refractivity contribution in [2.45, 2.75) is 58.4 Å². The van der Waals surface area contributed by atoms with Crippen LogP contribution in [0.2, 0.25) is 0 Å². The minimum atomic E-state index is 0.147. The van der Waals surface area contributed by atoms with Gasteiger partial charge in [0.2, 0.25) is 5.91 Å². The highest BCUT2D eigenvalue weighted by Gasteiger charge is 2.39. The molecule has 5 nitrogen and oxygen atoms in total. The number of nitrogens with one attached hydrogen (secondary N) is 1. The molecule has 148 valence electrons. The molecule has 0 aromatic carbocycles. The molecule has 1 aliphatic carbocycles. The first kappa shape index (κ1) is 18.8. The Hall–Kier alpha value is -1.56. The zero-order valence-electron chi connectivity index (χ0n) is 16.5. The third-order valence-corrected chi connectivity index (χ3v) is 7.53. The molecule has 1 aromatic heterocycles. The number of guanidine groups is 1. The number of fused-ring (bicyclic) bond motifs is 1. The van der Waals surface area contributed by atoms with Gasteiger partial charge in [-0.2, -0.15) is 0 Å². The lowest BCUT2D eigenvalue weighted by Crippen LogP contribution is -2.43. The summed E-state index contributed by atoms with van der Waals surface area (Å²) in [6, 6.07) is 2.15. The average Bonchev–Trinajstić information content (AvgIpc) is 3.32. The first-order valence-electron chi connectivity index (χ1n) is 10.6. The van der Waals surface area contributed by atoms with Crippen molar-refractivity contribution in [3.05, 3.63) is 21.9 Å². The van der Waals surface area contributed by atoms with E-state index in [2.05, 4.69) is 28.6 Å². The molecule has 1 aromatic rings. The molecule has 0 bridgehead atoms. The van der Waals surface area contributed by atoms with Gasteiger partial charge in [0.1, 0.15) is 6.54 Å². The second kappa shape index (κ2) is 8.21.